The molecule has 0 saturated carbocycles. The molecule has 0 radical (unpaired) electrons. The van der Waals surface area contributed by atoms with E-state index in [0.717, 1.165) is 5.56 Å². The highest BCUT2D eigenvalue weighted by Crippen LogP contribution is 2.33. The van der Waals surface area contributed by atoms with Crippen LogP contribution >= 0.6 is 0 Å². The van der Waals surface area contributed by atoms with E-state index in [1.54, 1.807) is 59.8 Å². The normalized spacial score (nSPS) is 12.5. The van der Waals surface area contributed by atoms with Gasteiger partial charge in [-0.1, -0.05) is 12.1 Å². The fraction of sp³-hybridized carbons (Fsp3) is 0.143. The molecule has 1 aromatic carbocycles. The lowest BCUT2D eigenvalue weighted by molar-refractivity contribution is 0.0600. The predicted molar refractivity (Wildman–Crippen MR) is 107 cm³/mol. The van der Waals surface area contributed by atoms with Crippen LogP contribution in [-0.2, 0) is 4.74 Å². The van der Waals surface area contributed by atoms with Crippen LogP contribution in [0.5, 0.6) is 5.75 Å². The second kappa shape index (κ2) is 7.97. The molecule has 0 atom stereocenters. The lowest BCUT2D eigenvalue weighted by Crippen LogP contribution is -2.41. The first-order valence-corrected chi connectivity index (χ1v) is 8.97. The average molecular weight is 390 g/mol. The fourth-order valence-electron chi connectivity index (χ4n) is 2.97. The number of nitrogens with one attached hydrogen (secondary N) is 1. The van der Waals surface area contributed by atoms with Gasteiger partial charge in [0, 0.05) is 23.6 Å². The summed E-state index contributed by atoms with van der Waals surface area (Å²) in [4.78, 5) is 34.5. The van der Waals surface area contributed by atoms with Crippen molar-refractivity contribution in [1.29, 1.82) is 0 Å². The van der Waals surface area contributed by atoms with Gasteiger partial charge >= 0.3 is 12.0 Å². The van der Waals surface area contributed by atoms with Crippen LogP contribution < -0.4 is 15.0 Å². The summed E-state index contributed by atoms with van der Waals surface area (Å²) in [7, 11) is 1.34. The van der Waals surface area contributed by atoms with Crippen LogP contribution in [0.2, 0.25) is 0 Å². The van der Waals surface area contributed by atoms with Crippen molar-refractivity contribution in [2.45, 2.75) is 0 Å². The molecule has 0 spiro atoms. The molecule has 1 N–H and O–H groups in total. The Kier molecular flexibility index (Phi) is 5.07. The summed E-state index contributed by atoms with van der Waals surface area (Å²) in [5.74, 6) is 0.579. The molecule has 1 aliphatic rings. The van der Waals surface area contributed by atoms with E-state index >= 15 is 0 Å². The molecule has 8 heteroatoms. The van der Waals surface area contributed by atoms with Crippen molar-refractivity contribution in [3.05, 3.63) is 66.5 Å². The number of esters is 1. The Bertz CT molecular complexity index is 1040. The third-order valence-electron chi connectivity index (χ3n) is 4.45. The monoisotopic (exact) mass is 390 g/mol. The van der Waals surface area contributed by atoms with Gasteiger partial charge in [-0.25, -0.2) is 14.6 Å². The number of hydrogen-bond acceptors (Lipinski definition) is 6. The van der Waals surface area contributed by atoms with Crippen LogP contribution in [-0.4, -0.2) is 42.2 Å². The Morgan fingerprint density at radius 3 is 2.55 bits per heavy atom. The van der Waals surface area contributed by atoms with Gasteiger partial charge in [-0.2, -0.15) is 0 Å². The van der Waals surface area contributed by atoms with Crippen molar-refractivity contribution in [1.82, 2.24) is 9.97 Å². The molecule has 0 fully saturated rings. The highest BCUT2D eigenvalue weighted by molar-refractivity contribution is 6.02. The first-order valence-electron chi connectivity index (χ1n) is 8.97. The van der Waals surface area contributed by atoms with E-state index in [4.69, 9.17) is 9.47 Å². The molecule has 0 bridgehead atoms. The molecule has 146 valence electrons. The highest BCUT2D eigenvalue weighted by Gasteiger charge is 2.26. The van der Waals surface area contributed by atoms with Crippen molar-refractivity contribution in [2.75, 3.05) is 30.5 Å². The Hall–Kier alpha value is -3.94. The van der Waals surface area contributed by atoms with Gasteiger partial charge < -0.3 is 14.8 Å². The predicted octanol–water partition coefficient (Wildman–Crippen LogP) is 3.36. The van der Waals surface area contributed by atoms with Crippen LogP contribution in [0.15, 0.2) is 60.9 Å². The van der Waals surface area contributed by atoms with Crippen molar-refractivity contribution in [2.24, 2.45) is 0 Å². The quantitative estimate of drug-likeness (QED) is 0.689. The zero-order chi connectivity index (χ0) is 20.2. The summed E-state index contributed by atoms with van der Waals surface area (Å²) in [6, 6.07) is 13.6. The number of aromatic nitrogens is 2. The van der Waals surface area contributed by atoms with Crippen molar-refractivity contribution >= 4 is 23.5 Å². The second-order valence-electron chi connectivity index (χ2n) is 6.25. The second-order valence-corrected chi connectivity index (χ2v) is 6.25. The maximum absolute atomic E-state index is 12.8. The van der Waals surface area contributed by atoms with E-state index < -0.39 is 5.97 Å². The minimum absolute atomic E-state index is 0.300. The highest BCUT2D eigenvalue weighted by atomic mass is 16.5. The molecule has 0 aliphatic carbocycles. The van der Waals surface area contributed by atoms with Crippen LogP contribution in [0, 0.1) is 0 Å². The van der Waals surface area contributed by atoms with Gasteiger partial charge in [-0.05, 0) is 36.4 Å². The zero-order valence-corrected chi connectivity index (χ0v) is 15.7. The molecule has 4 rings (SSSR count). The van der Waals surface area contributed by atoms with Crippen LogP contribution in [0.3, 0.4) is 0 Å². The summed E-state index contributed by atoms with van der Waals surface area (Å²) < 4.78 is 10.4. The first-order chi connectivity index (χ1) is 14.2. The van der Waals surface area contributed by atoms with Gasteiger partial charge in [0.25, 0.3) is 0 Å². The number of fused-ring (bicyclic) bond motifs is 1. The largest absolute Gasteiger partial charge is 0.488 e. The Labute approximate surface area is 167 Å². The average Bonchev–Trinajstić information content (AvgIpc) is 2.78. The van der Waals surface area contributed by atoms with E-state index in [1.807, 2.05) is 6.07 Å². The van der Waals surface area contributed by atoms with E-state index in [9.17, 15) is 9.59 Å². The Balaban J connectivity index is 1.61. The smallest absolute Gasteiger partial charge is 0.337 e. The number of nitrogens with zero attached hydrogens (tertiary/aromatic N) is 3. The number of hydrogen-bond donors (Lipinski definition) is 1. The minimum atomic E-state index is -0.401. The molecular formula is C21H18N4O4. The number of amides is 2. The van der Waals surface area contributed by atoms with Crippen molar-refractivity contribution in [3.8, 4) is 17.0 Å². The number of benzene rings is 1. The van der Waals surface area contributed by atoms with E-state index in [1.165, 1.54) is 7.11 Å². The summed E-state index contributed by atoms with van der Waals surface area (Å²) in [5.41, 5.74) is 2.57. The number of rotatable bonds is 3. The number of methoxy groups -OCH3 is 1. The topological polar surface area (TPSA) is 93.7 Å². The molecule has 0 unspecified atom stereocenters. The number of carbonyl (C=O) groups is 2. The van der Waals surface area contributed by atoms with Gasteiger partial charge in [0.1, 0.15) is 6.61 Å². The van der Waals surface area contributed by atoms with Gasteiger partial charge in [0.05, 0.1) is 24.9 Å². The minimum Gasteiger partial charge on any atom is -0.488 e. The number of carbonyl (C=O) groups excluding carboxylic acids is 2. The number of anilines is 2. The maximum atomic E-state index is 12.8. The number of ether oxygens (including phenoxy) is 2. The van der Waals surface area contributed by atoms with E-state index in [-0.39, 0.29) is 6.03 Å². The third kappa shape index (κ3) is 3.86. The lowest BCUT2D eigenvalue weighted by Gasteiger charge is -2.28. The summed E-state index contributed by atoms with van der Waals surface area (Å²) in [5, 5.41) is 2.84. The van der Waals surface area contributed by atoms with Crippen molar-refractivity contribution in [3.63, 3.8) is 0 Å². The van der Waals surface area contributed by atoms with Gasteiger partial charge in [-0.3, -0.25) is 9.88 Å². The van der Waals surface area contributed by atoms with Gasteiger partial charge in [-0.15, -0.1) is 0 Å². The van der Waals surface area contributed by atoms with Gasteiger partial charge in [0.15, 0.2) is 11.6 Å². The van der Waals surface area contributed by atoms with Crippen LogP contribution in [0.4, 0.5) is 16.3 Å². The first kappa shape index (κ1) is 18.4. The molecule has 8 nitrogen and oxygen atoms in total. The zero-order valence-electron chi connectivity index (χ0n) is 15.7. The Morgan fingerprint density at radius 2 is 1.83 bits per heavy atom. The molecule has 3 heterocycles. The summed E-state index contributed by atoms with van der Waals surface area (Å²) in [6.45, 7) is 0.757. The maximum Gasteiger partial charge on any atom is 0.337 e. The van der Waals surface area contributed by atoms with Gasteiger partial charge in [0.2, 0.25) is 0 Å². The third-order valence-corrected chi connectivity index (χ3v) is 4.45. The molecular weight excluding hydrogens is 372 g/mol. The molecule has 3 aromatic rings. The number of pyridine rings is 2. The molecule has 2 amide bonds. The SMILES string of the molecule is COC(=O)c1ccc(-c2ccc3c(n2)N(C(=O)Nc2ccncc2)CCO3)cc1. The number of urea groups is 1. The Morgan fingerprint density at radius 1 is 1.07 bits per heavy atom. The summed E-state index contributed by atoms with van der Waals surface area (Å²) >= 11 is 0. The van der Waals surface area contributed by atoms with E-state index in [2.05, 4.69) is 15.3 Å². The van der Waals surface area contributed by atoms with Crippen LogP contribution in [0.1, 0.15) is 10.4 Å². The molecule has 29 heavy (non-hydrogen) atoms. The molecule has 1 aliphatic heterocycles. The lowest BCUT2D eigenvalue weighted by atomic mass is 10.1. The fourth-order valence-corrected chi connectivity index (χ4v) is 2.97. The molecule has 2 aromatic heterocycles. The summed E-state index contributed by atoms with van der Waals surface area (Å²) in [6.07, 6.45) is 3.22. The van der Waals surface area contributed by atoms with Crippen LogP contribution in [0.25, 0.3) is 11.3 Å². The van der Waals surface area contributed by atoms with E-state index in [0.29, 0.717) is 41.7 Å². The molecule has 0 saturated heterocycles. The van der Waals surface area contributed by atoms with Crippen molar-refractivity contribution < 1.29 is 19.1 Å². The standard InChI is InChI=1S/C21H18N4O4/c1-28-20(26)15-4-2-14(3-5-15)17-6-7-18-19(24-17)25(12-13-29-18)21(27)23-16-8-10-22-11-9-16/h2-11H,12-13H2,1H3,(H,22,23,27).